The van der Waals surface area contributed by atoms with Gasteiger partial charge < -0.3 is 14.3 Å². The molecule has 148 valence electrons. The van der Waals surface area contributed by atoms with Crippen LogP contribution in [0.15, 0.2) is 71.7 Å². The van der Waals surface area contributed by atoms with E-state index in [-0.39, 0.29) is 30.3 Å². The number of aromatic nitrogens is 2. The number of halogens is 1. The third-order valence-electron chi connectivity index (χ3n) is 5.24. The first kappa shape index (κ1) is 18.9. The van der Waals surface area contributed by atoms with Crippen molar-refractivity contribution in [1.29, 1.82) is 0 Å². The quantitative estimate of drug-likeness (QED) is 0.545. The molecule has 1 amide bonds. The minimum absolute atomic E-state index is 0.139. The number of nitrogens with one attached hydrogen (secondary N) is 1. The van der Waals surface area contributed by atoms with Crippen LogP contribution < -0.4 is 10.9 Å². The molecule has 0 aliphatic carbocycles. The normalized spacial score (nSPS) is 12.3. The molecule has 6 heteroatoms. The average molecular weight is 391 g/mol. The van der Waals surface area contributed by atoms with Gasteiger partial charge in [-0.05, 0) is 41.8 Å². The van der Waals surface area contributed by atoms with E-state index in [1.165, 1.54) is 16.7 Å². The molecule has 0 aliphatic rings. The predicted molar refractivity (Wildman–Crippen MR) is 112 cm³/mol. The number of aryl methyl sites for hydroxylation is 1. The van der Waals surface area contributed by atoms with Crippen LogP contribution in [0.5, 0.6) is 0 Å². The predicted octanol–water partition coefficient (Wildman–Crippen LogP) is 3.70. The number of hydrogen-bond donors (Lipinski definition) is 1. The van der Waals surface area contributed by atoms with Gasteiger partial charge in [0.15, 0.2) is 0 Å². The lowest BCUT2D eigenvalue weighted by atomic mass is 10.0. The molecular formula is C23H22FN3O2. The summed E-state index contributed by atoms with van der Waals surface area (Å²) < 4.78 is 17.1. The Labute approximate surface area is 167 Å². The lowest BCUT2D eigenvalue weighted by Crippen LogP contribution is -2.30. The Kier molecular flexibility index (Phi) is 5.16. The van der Waals surface area contributed by atoms with E-state index in [2.05, 4.69) is 12.2 Å². The zero-order valence-corrected chi connectivity index (χ0v) is 16.1. The van der Waals surface area contributed by atoms with Gasteiger partial charge in [-0.1, -0.05) is 37.3 Å². The number of carbonyl (C=O) groups is 1. The summed E-state index contributed by atoms with van der Waals surface area (Å²) in [5.41, 5.74) is 2.62. The molecule has 2 aromatic carbocycles. The van der Waals surface area contributed by atoms with E-state index in [1.807, 2.05) is 30.3 Å². The maximum Gasteiger partial charge on any atom is 0.275 e. The van der Waals surface area contributed by atoms with Crippen molar-refractivity contribution in [2.45, 2.75) is 25.8 Å². The van der Waals surface area contributed by atoms with Crippen LogP contribution in [-0.2, 0) is 11.3 Å². The SMILES string of the molecule is C[C@H](CNC(=O)CCn1c(=O)c2cccn2c2ccc(F)cc21)c1ccccc1. The Balaban J connectivity index is 1.51. The molecule has 0 saturated carbocycles. The van der Waals surface area contributed by atoms with Gasteiger partial charge in [-0.3, -0.25) is 9.59 Å². The molecule has 2 heterocycles. The van der Waals surface area contributed by atoms with Crippen LogP contribution in [0.4, 0.5) is 4.39 Å². The smallest absolute Gasteiger partial charge is 0.275 e. The summed E-state index contributed by atoms with van der Waals surface area (Å²) in [6.45, 7) is 2.76. The summed E-state index contributed by atoms with van der Waals surface area (Å²) in [7, 11) is 0. The Morgan fingerprint density at radius 3 is 2.62 bits per heavy atom. The van der Waals surface area contributed by atoms with Crippen molar-refractivity contribution in [3.8, 4) is 0 Å². The first-order chi connectivity index (χ1) is 14.0. The summed E-state index contributed by atoms with van der Waals surface area (Å²) in [4.78, 5) is 25.2. The molecule has 0 aliphatic heterocycles. The van der Waals surface area contributed by atoms with Gasteiger partial charge in [-0.15, -0.1) is 0 Å². The zero-order chi connectivity index (χ0) is 20.4. The Bertz CT molecular complexity index is 1230. The highest BCUT2D eigenvalue weighted by Crippen LogP contribution is 2.17. The number of benzene rings is 2. The van der Waals surface area contributed by atoms with Crippen molar-refractivity contribution in [1.82, 2.24) is 14.3 Å². The molecule has 4 rings (SSSR count). The Morgan fingerprint density at radius 2 is 1.83 bits per heavy atom. The van der Waals surface area contributed by atoms with Crippen molar-refractivity contribution in [3.05, 3.63) is 88.6 Å². The minimum Gasteiger partial charge on any atom is -0.355 e. The third kappa shape index (κ3) is 3.78. The number of carbonyl (C=O) groups excluding carboxylic acids is 1. The fourth-order valence-corrected chi connectivity index (χ4v) is 3.62. The number of fused-ring (bicyclic) bond motifs is 3. The summed E-state index contributed by atoms with van der Waals surface area (Å²) in [5, 5.41) is 2.93. The average Bonchev–Trinajstić information content (AvgIpc) is 3.22. The van der Waals surface area contributed by atoms with Crippen molar-refractivity contribution >= 4 is 22.5 Å². The number of nitrogens with zero attached hydrogens (tertiary/aromatic N) is 2. The first-order valence-electron chi connectivity index (χ1n) is 9.65. The first-order valence-corrected chi connectivity index (χ1v) is 9.65. The van der Waals surface area contributed by atoms with E-state index < -0.39 is 5.82 Å². The van der Waals surface area contributed by atoms with Gasteiger partial charge in [-0.2, -0.15) is 0 Å². The van der Waals surface area contributed by atoms with Crippen molar-refractivity contribution < 1.29 is 9.18 Å². The maximum absolute atomic E-state index is 13.8. The standard InChI is InChI=1S/C23H22FN3O2/c1-16(17-6-3-2-4-7-17)15-25-22(28)11-13-27-21-14-18(24)9-10-19(21)26-12-5-8-20(26)23(27)29/h2-10,12,14,16H,11,13,15H2,1H3,(H,25,28)/t16-/m1/s1. The van der Waals surface area contributed by atoms with Gasteiger partial charge in [0.25, 0.3) is 5.56 Å². The summed E-state index contributed by atoms with van der Waals surface area (Å²) in [6.07, 6.45) is 1.92. The molecule has 29 heavy (non-hydrogen) atoms. The number of amides is 1. The number of rotatable bonds is 6. The molecule has 0 radical (unpaired) electrons. The summed E-state index contributed by atoms with van der Waals surface area (Å²) in [6, 6.07) is 17.8. The van der Waals surface area contributed by atoms with Gasteiger partial charge >= 0.3 is 0 Å². The molecule has 1 N–H and O–H groups in total. The monoisotopic (exact) mass is 391 g/mol. The number of hydrogen-bond acceptors (Lipinski definition) is 2. The lowest BCUT2D eigenvalue weighted by molar-refractivity contribution is -0.121. The molecule has 0 bridgehead atoms. The van der Waals surface area contributed by atoms with E-state index in [4.69, 9.17) is 0 Å². The molecule has 5 nitrogen and oxygen atoms in total. The van der Waals surface area contributed by atoms with E-state index in [9.17, 15) is 14.0 Å². The molecule has 0 unspecified atom stereocenters. The van der Waals surface area contributed by atoms with Crippen molar-refractivity contribution in [2.24, 2.45) is 0 Å². The molecular weight excluding hydrogens is 369 g/mol. The van der Waals surface area contributed by atoms with E-state index in [1.54, 1.807) is 28.8 Å². The van der Waals surface area contributed by atoms with Gasteiger partial charge in [-0.25, -0.2) is 4.39 Å². The van der Waals surface area contributed by atoms with Crippen molar-refractivity contribution in [2.75, 3.05) is 6.54 Å². The van der Waals surface area contributed by atoms with Crippen LogP contribution in [-0.4, -0.2) is 21.4 Å². The highest BCUT2D eigenvalue weighted by molar-refractivity contribution is 5.80. The fourth-order valence-electron chi connectivity index (χ4n) is 3.62. The molecule has 0 spiro atoms. The van der Waals surface area contributed by atoms with Gasteiger partial charge in [0, 0.05) is 25.7 Å². The zero-order valence-electron chi connectivity index (χ0n) is 16.1. The molecule has 2 aromatic heterocycles. The topological polar surface area (TPSA) is 55.5 Å². The Morgan fingerprint density at radius 1 is 1.03 bits per heavy atom. The third-order valence-corrected chi connectivity index (χ3v) is 5.24. The van der Waals surface area contributed by atoms with E-state index >= 15 is 0 Å². The van der Waals surface area contributed by atoms with Crippen LogP contribution in [0, 0.1) is 5.82 Å². The van der Waals surface area contributed by atoms with Gasteiger partial charge in [0.05, 0.1) is 11.0 Å². The highest BCUT2D eigenvalue weighted by atomic mass is 19.1. The second-order valence-electron chi connectivity index (χ2n) is 7.22. The highest BCUT2D eigenvalue weighted by Gasteiger charge is 2.13. The lowest BCUT2D eigenvalue weighted by Gasteiger charge is -2.15. The summed E-state index contributed by atoms with van der Waals surface area (Å²) >= 11 is 0. The second-order valence-corrected chi connectivity index (χ2v) is 7.22. The van der Waals surface area contributed by atoms with Crippen LogP contribution >= 0.6 is 0 Å². The maximum atomic E-state index is 13.8. The second kappa shape index (κ2) is 7.91. The van der Waals surface area contributed by atoms with Crippen LogP contribution in [0.3, 0.4) is 0 Å². The fraction of sp³-hybridized carbons (Fsp3) is 0.217. The van der Waals surface area contributed by atoms with Gasteiger partial charge in [0.2, 0.25) is 5.91 Å². The van der Waals surface area contributed by atoms with Gasteiger partial charge in [0.1, 0.15) is 11.3 Å². The van der Waals surface area contributed by atoms with Crippen LogP contribution in [0.25, 0.3) is 16.6 Å². The summed E-state index contributed by atoms with van der Waals surface area (Å²) in [5.74, 6) is -0.368. The Hall–Kier alpha value is -3.41. The molecule has 1 atom stereocenters. The van der Waals surface area contributed by atoms with Crippen LogP contribution in [0.1, 0.15) is 24.8 Å². The minimum atomic E-state index is -0.418. The largest absolute Gasteiger partial charge is 0.355 e. The van der Waals surface area contributed by atoms with Crippen molar-refractivity contribution in [3.63, 3.8) is 0 Å². The van der Waals surface area contributed by atoms with E-state index in [0.29, 0.717) is 17.6 Å². The molecule has 0 fully saturated rings. The molecule has 4 aromatic rings. The van der Waals surface area contributed by atoms with E-state index in [0.717, 1.165) is 11.1 Å². The van der Waals surface area contributed by atoms with Crippen LogP contribution in [0.2, 0.25) is 0 Å². The molecule has 0 saturated heterocycles.